The van der Waals surface area contributed by atoms with Crippen molar-refractivity contribution in [3.8, 4) is 5.75 Å². The summed E-state index contributed by atoms with van der Waals surface area (Å²) in [5.41, 5.74) is 2.93. The van der Waals surface area contributed by atoms with Gasteiger partial charge in [-0.3, -0.25) is 0 Å². The Bertz CT molecular complexity index is 496. The minimum atomic E-state index is 0.0581. The number of phenols is 1. The highest BCUT2D eigenvalue weighted by Crippen LogP contribution is 2.57. The van der Waals surface area contributed by atoms with E-state index in [4.69, 9.17) is 0 Å². The summed E-state index contributed by atoms with van der Waals surface area (Å²) in [5.74, 6) is 0.928. The van der Waals surface area contributed by atoms with Gasteiger partial charge in [-0.25, -0.2) is 0 Å². The van der Waals surface area contributed by atoms with Crippen molar-refractivity contribution in [2.24, 2.45) is 11.3 Å². The molecule has 0 bridgehead atoms. The number of hydrogen-bond acceptors (Lipinski definition) is 2. The maximum Gasteiger partial charge on any atom is 0.115 e. The van der Waals surface area contributed by atoms with E-state index in [1.807, 2.05) is 12.1 Å². The highest BCUT2D eigenvalue weighted by atomic mass is 16.3. The molecule has 0 aromatic heterocycles. The van der Waals surface area contributed by atoms with Crippen molar-refractivity contribution in [2.75, 3.05) is 6.61 Å². The summed E-state index contributed by atoms with van der Waals surface area (Å²) >= 11 is 0. The fraction of sp³-hybridized carbons (Fsp3) is 0.647. The quantitative estimate of drug-likeness (QED) is 0.812. The summed E-state index contributed by atoms with van der Waals surface area (Å²) in [6.45, 7) is 4.90. The number of rotatable bonds is 1. The minimum Gasteiger partial charge on any atom is -0.508 e. The van der Waals surface area contributed by atoms with Crippen molar-refractivity contribution >= 4 is 0 Å². The van der Waals surface area contributed by atoms with Crippen LogP contribution in [0.5, 0.6) is 5.75 Å². The zero-order chi connectivity index (χ0) is 13.7. The molecule has 2 heteroatoms. The molecule has 0 spiro atoms. The molecule has 0 saturated heterocycles. The summed E-state index contributed by atoms with van der Waals surface area (Å²) in [5, 5.41) is 19.5. The Hall–Kier alpha value is -1.02. The molecule has 0 radical (unpaired) electrons. The number of hydrogen-bond donors (Lipinski definition) is 2. The Balaban J connectivity index is 2.09. The molecule has 0 aliphatic heterocycles. The zero-order valence-electron chi connectivity index (χ0n) is 11.9. The first-order valence-electron chi connectivity index (χ1n) is 7.43. The molecule has 1 saturated carbocycles. The number of phenolic OH excluding ortho intramolecular Hbond substituents is 1. The molecule has 2 aliphatic rings. The summed E-state index contributed by atoms with van der Waals surface area (Å²) in [7, 11) is 0. The van der Waals surface area contributed by atoms with Gasteiger partial charge in [-0.2, -0.15) is 0 Å². The van der Waals surface area contributed by atoms with Gasteiger partial charge < -0.3 is 10.2 Å². The third-order valence-corrected chi connectivity index (χ3v) is 5.82. The maximum atomic E-state index is 9.86. The predicted molar refractivity (Wildman–Crippen MR) is 76.3 cm³/mol. The molecular formula is C17H24O2. The van der Waals surface area contributed by atoms with E-state index in [2.05, 4.69) is 19.9 Å². The van der Waals surface area contributed by atoms with E-state index in [0.717, 1.165) is 19.3 Å². The number of aliphatic hydroxyl groups is 1. The van der Waals surface area contributed by atoms with Gasteiger partial charge in [0.1, 0.15) is 5.75 Å². The van der Waals surface area contributed by atoms with Gasteiger partial charge >= 0.3 is 0 Å². The van der Waals surface area contributed by atoms with Crippen LogP contribution in [0.2, 0.25) is 0 Å². The van der Waals surface area contributed by atoms with Crippen LogP contribution in [0, 0.1) is 11.3 Å². The molecule has 2 N–H and O–H groups in total. The van der Waals surface area contributed by atoms with E-state index in [0.29, 0.717) is 18.3 Å². The standard InChI is InChI=1S/C17H24O2/c1-16(11-18)8-3-9-17(2)14-6-5-13(19)10-12(14)4-7-15(16)17/h5-6,10,15,18-19H,3-4,7-9,11H2,1-2H3/t15?,16-,17+/m0/s1. The van der Waals surface area contributed by atoms with Gasteiger partial charge in [-0.1, -0.05) is 26.3 Å². The second-order valence-electron chi connectivity index (χ2n) is 7.02. The normalized spacial score (nSPS) is 37.5. The lowest BCUT2D eigenvalue weighted by atomic mass is 9.50. The number of aryl methyl sites for hydroxylation is 1. The molecule has 1 unspecified atom stereocenters. The van der Waals surface area contributed by atoms with Crippen LogP contribution in [-0.2, 0) is 11.8 Å². The van der Waals surface area contributed by atoms with Crippen LogP contribution < -0.4 is 0 Å². The fourth-order valence-electron chi connectivity index (χ4n) is 4.80. The third-order valence-electron chi connectivity index (χ3n) is 5.82. The molecule has 19 heavy (non-hydrogen) atoms. The van der Waals surface area contributed by atoms with Gasteiger partial charge in [0, 0.05) is 6.61 Å². The van der Waals surface area contributed by atoms with E-state index in [1.165, 1.54) is 24.0 Å². The molecule has 0 heterocycles. The van der Waals surface area contributed by atoms with Crippen molar-refractivity contribution < 1.29 is 10.2 Å². The second-order valence-corrected chi connectivity index (χ2v) is 7.02. The predicted octanol–water partition coefficient (Wildman–Crippen LogP) is 3.39. The maximum absolute atomic E-state index is 9.86. The van der Waals surface area contributed by atoms with Crippen LogP contribution in [0.25, 0.3) is 0 Å². The van der Waals surface area contributed by atoms with Crippen molar-refractivity contribution in [3.05, 3.63) is 29.3 Å². The summed E-state index contributed by atoms with van der Waals surface area (Å²) in [6.07, 6.45) is 5.68. The Morgan fingerprint density at radius 2 is 2.05 bits per heavy atom. The lowest BCUT2D eigenvalue weighted by molar-refractivity contribution is -0.0179. The van der Waals surface area contributed by atoms with Gasteiger partial charge in [0.25, 0.3) is 0 Å². The van der Waals surface area contributed by atoms with Crippen LogP contribution >= 0.6 is 0 Å². The first kappa shape index (κ1) is 13.0. The van der Waals surface area contributed by atoms with E-state index in [-0.39, 0.29) is 10.8 Å². The van der Waals surface area contributed by atoms with Crippen LogP contribution in [0.15, 0.2) is 18.2 Å². The molecule has 1 aromatic rings. The highest BCUT2D eigenvalue weighted by molar-refractivity contribution is 5.42. The molecular weight excluding hydrogens is 236 g/mol. The summed E-state index contributed by atoms with van der Waals surface area (Å²) < 4.78 is 0. The molecule has 0 amide bonds. The largest absolute Gasteiger partial charge is 0.508 e. The van der Waals surface area contributed by atoms with Crippen LogP contribution in [-0.4, -0.2) is 16.8 Å². The van der Waals surface area contributed by atoms with Crippen molar-refractivity contribution in [1.29, 1.82) is 0 Å². The molecule has 2 aliphatic carbocycles. The summed E-state index contributed by atoms with van der Waals surface area (Å²) in [6, 6.07) is 5.86. The molecule has 3 atom stereocenters. The third kappa shape index (κ3) is 1.80. The van der Waals surface area contributed by atoms with Crippen molar-refractivity contribution in [3.63, 3.8) is 0 Å². The molecule has 1 aromatic carbocycles. The molecule has 1 fully saturated rings. The molecule has 3 rings (SSSR count). The van der Waals surface area contributed by atoms with Gasteiger partial charge in [-0.05, 0) is 65.7 Å². The molecule has 104 valence electrons. The number of aliphatic hydroxyl groups excluding tert-OH is 1. The number of benzene rings is 1. The van der Waals surface area contributed by atoms with Crippen LogP contribution in [0.3, 0.4) is 0 Å². The van der Waals surface area contributed by atoms with Gasteiger partial charge in [-0.15, -0.1) is 0 Å². The Morgan fingerprint density at radius 3 is 2.79 bits per heavy atom. The Morgan fingerprint density at radius 1 is 1.26 bits per heavy atom. The van der Waals surface area contributed by atoms with E-state index in [9.17, 15) is 10.2 Å². The Kier molecular flexibility index (Phi) is 2.90. The van der Waals surface area contributed by atoms with Gasteiger partial charge in [0.15, 0.2) is 0 Å². The first-order chi connectivity index (χ1) is 8.99. The lowest BCUT2D eigenvalue weighted by Crippen LogP contribution is -2.50. The summed E-state index contributed by atoms with van der Waals surface area (Å²) in [4.78, 5) is 0. The lowest BCUT2D eigenvalue weighted by Gasteiger charge is -2.55. The van der Waals surface area contributed by atoms with E-state index in [1.54, 1.807) is 0 Å². The van der Waals surface area contributed by atoms with Gasteiger partial charge in [0.05, 0.1) is 0 Å². The van der Waals surface area contributed by atoms with Crippen LogP contribution in [0.1, 0.15) is 50.7 Å². The van der Waals surface area contributed by atoms with Crippen molar-refractivity contribution in [2.45, 2.75) is 51.4 Å². The van der Waals surface area contributed by atoms with Gasteiger partial charge in [0.2, 0.25) is 0 Å². The minimum absolute atomic E-state index is 0.0581. The van der Waals surface area contributed by atoms with Crippen molar-refractivity contribution in [1.82, 2.24) is 0 Å². The highest BCUT2D eigenvalue weighted by Gasteiger charge is 2.51. The zero-order valence-corrected chi connectivity index (χ0v) is 11.9. The Labute approximate surface area is 115 Å². The fourth-order valence-corrected chi connectivity index (χ4v) is 4.80. The number of fused-ring (bicyclic) bond motifs is 3. The average Bonchev–Trinajstić information content (AvgIpc) is 2.38. The second kappa shape index (κ2) is 4.24. The van der Waals surface area contributed by atoms with E-state index >= 15 is 0 Å². The number of aromatic hydroxyl groups is 1. The monoisotopic (exact) mass is 260 g/mol. The van der Waals surface area contributed by atoms with Crippen LogP contribution in [0.4, 0.5) is 0 Å². The molecule has 2 nitrogen and oxygen atoms in total. The SMILES string of the molecule is C[C@@]1(CO)CCC[C@]2(C)c3ccc(O)cc3CCC12. The topological polar surface area (TPSA) is 40.5 Å². The van der Waals surface area contributed by atoms with E-state index < -0.39 is 0 Å². The first-order valence-corrected chi connectivity index (χ1v) is 7.43. The smallest absolute Gasteiger partial charge is 0.115 e. The average molecular weight is 260 g/mol.